The highest BCUT2D eigenvalue weighted by molar-refractivity contribution is 7.07. The molecule has 1 saturated carbocycles. The van der Waals surface area contributed by atoms with E-state index in [0.717, 1.165) is 17.8 Å². The Bertz CT molecular complexity index is 641. The van der Waals surface area contributed by atoms with E-state index in [1.807, 2.05) is 34.3 Å². The third kappa shape index (κ3) is 2.84. The Morgan fingerprint density at radius 2 is 2.16 bits per heavy atom. The van der Waals surface area contributed by atoms with Crippen LogP contribution in [0.2, 0.25) is 0 Å². The first-order valence-corrected chi connectivity index (χ1v) is 7.38. The van der Waals surface area contributed by atoms with Crippen LogP contribution in [0.1, 0.15) is 18.9 Å². The minimum Gasteiger partial charge on any atom is -0.319 e. The molecular formula is C15H16N2OS. The Morgan fingerprint density at radius 3 is 2.84 bits per heavy atom. The summed E-state index contributed by atoms with van der Waals surface area (Å²) in [5.74, 6) is 0.711. The molecule has 2 atom stereocenters. The van der Waals surface area contributed by atoms with Crippen molar-refractivity contribution < 1.29 is 4.79 Å². The molecule has 0 N–H and O–H groups in total. The van der Waals surface area contributed by atoms with Gasteiger partial charge in [0.1, 0.15) is 0 Å². The largest absolute Gasteiger partial charge is 0.319 e. The second-order valence-electron chi connectivity index (χ2n) is 5.07. The average molecular weight is 272 g/mol. The third-order valence-electron chi connectivity index (χ3n) is 3.49. The van der Waals surface area contributed by atoms with Crippen molar-refractivity contribution in [3.63, 3.8) is 0 Å². The Balaban J connectivity index is 1.82. The lowest BCUT2D eigenvalue weighted by atomic mass is 10.2. The first kappa shape index (κ1) is 12.4. The number of amides is 1. The maximum atomic E-state index is 11.9. The summed E-state index contributed by atoms with van der Waals surface area (Å²) in [6.45, 7) is 2.86. The molecule has 1 aliphatic carbocycles. The maximum absolute atomic E-state index is 11.9. The minimum absolute atomic E-state index is 0.0387. The molecule has 0 spiro atoms. The van der Waals surface area contributed by atoms with E-state index in [9.17, 15) is 4.79 Å². The second-order valence-corrected chi connectivity index (χ2v) is 5.94. The summed E-state index contributed by atoms with van der Waals surface area (Å²) in [7, 11) is 0. The molecule has 1 aromatic heterocycles. The van der Waals surface area contributed by atoms with Crippen LogP contribution in [0.4, 0.5) is 0 Å². The number of thiazole rings is 1. The normalized spacial score (nSPS) is 22.5. The molecule has 1 fully saturated rings. The number of carbonyl (C=O) groups excluding carboxylic acids is 1. The molecule has 0 saturated heterocycles. The van der Waals surface area contributed by atoms with Crippen LogP contribution in [0.3, 0.4) is 0 Å². The van der Waals surface area contributed by atoms with Gasteiger partial charge in [0.15, 0.2) is 4.80 Å². The summed E-state index contributed by atoms with van der Waals surface area (Å²) in [4.78, 5) is 17.0. The summed E-state index contributed by atoms with van der Waals surface area (Å²) in [5, 5.41) is 1.98. The smallest absolute Gasteiger partial charge is 0.251 e. The number of rotatable bonds is 3. The van der Waals surface area contributed by atoms with Crippen LogP contribution in [-0.4, -0.2) is 10.5 Å². The molecule has 98 valence electrons. The van der Waals surface area contributed by atoms with Crippen molar-refractivity contribution in [2.75, 3.05) is 0 Å². The molecule has 3 rings (SSSR count). The Labute approximate surface area is 116 Å². The van der Waals surface area contributed by atoms with E-state index in [0.29, 0.717) is 5.92 Å². The molecule has 0 aliphatic heterocycles. The van der Waals surface area contributed by atoms with Gasteiger partial charge in [0, 0.05) is 24.0 Å². The molecule has 0 unspecified atom stereocenters. The van der Waals surface area contributed by atoms with Crippen molar-refractivity contribution in [1.29, 1.82) is 0 Å². The molecule has 0 bridgehead atoms. The fraction of sp³-hybridized carbons (Fsp3) is 0.333. The maximum Gasteiger partial charge on any atom is 0.251 e. The molecule has 19 heavy (non-hydrogen) atoms. The predicted molar refractivity (Wildman–Crippen MR) is 75.7 cm³/mol. The molecular weight excluding hydrogens is 256 g/mol. The number of nitrogens with zero attached hydrogens (tertiary/aromatic N) is 2. The molecule has 1 amide bonds. The van der Waals surface area contributed by atoms with Crippen molar-refractivity contribution >= 4 is 17.2 Å². The average Bonchev–Trinajstić information content (AvgIpc) is 3.00. The number of carbonyl (C=O) groups is 1. The Kier molecular flexibility index (Phi) is 3.34. The van der Waals surface area contributed by atoms with Crippen LogP contribution in [-0.2, 0) is 11.3 Å². The highest BCUT2D eigenvalue weighted by Gasteiger charge is 2.39. The van der Waals surface area contributed by atoms with Gasteiger partial charge in [-0.1, -0.05) is 37.3 Å². The van der Waals surface area contributed by atoms with Gasteiger partial charge in [-0.2, -0.15) is 4.99 Å². The molecule has 1 heterocycles. The third-order valence-corrected chi connectivity index (χ3v) is 4.28. The van der Waals surface area contributed by atoms with Crippen LogP contribution < -0.4 is 4.80 Å². The van der Waals surface area contributed by atoms with Crippen molar-refractivity contribution in [3.05, 3.63) is 52.3 Å². The SMILES string of the molecule is C[C@H]1C[C@H]1C(=O)N=c1sccn1Cc1ccccc1. The lowest BCUT2D eigenvalue weighted by Gasteiger charge is -2.02. The van der Waals surface area contributed by atoms with Gasteiger partial charge in [0.25, 0.3) is 5.91 Å². The zero-order valence-corrected chi connectivity index (χ0v) is 11.6. The standard InChI is InChI=1S/C15H16N2OS/c1-11-9-13(11)14(18)16-15-17(7-8-19-15)10-12-5-3-2-4-6-12/h2-8,11,13H,9-10H2,1H3/t11-,13+/m0/s1. The van der Waals surface area contributed by atoms with Gasteiger partial charge in [-0.05, 0) is 17.9 Å². The van der Waals surface area contributed by atoms with Crippen LogP contribution in [0.25, 0.3) is 0 Å². The van der Waals surface area contributed by atoms with Crippen LogP contribution in [0.5, 0.6) is 0 Å². The molecule has 1 aromatic carbocycles. The zero-order chi connectivity index (χ0) is 13.2. The van der Waals surface area contributed by atoms with Gasteiger partial charge in [0.2, 0.25) is 0 Å². The fourth-order valence-electron chi connectivity index (χ4n) is 2.13. The molecule has 0 radical (unpaired) electrons. The van der Waals surface area contributed by atoms with Crippen LogP contribution in [0, 0.1) is 11.8 Å². The van der Waals surface area contributed by atoms with Gasteiger partial charge >= 0.3 is 0 Å². The van der Waals surface area contributed by atoms with Gasteiger partial charge in [-0.15, -0.1) is 11.3 Å². The first-order valence-electron chi connectivity index (χ1n) is 6.50. The highest BCUT2D eigenvalue weighted by Crippen LogP contribution is 2.38. The first-order chi connectivity index (χ1) is 9.24. The quantitative estimate of drug-likeness (QED) is 0.846. The number of aromatic nitrogens is 1. The van der Waals surface area contributed by atoms with Gasteiger partial charge in [0.05, 0.1) is 0 Å². The van der Waals surface area contributed by atoms with E-state index in [4.69, 9.17) is 0 Å². The Morgan fingerprint density at radius 1 is 1.42 bits per heavy atom. The van der Waals surface area contributed by atoms with E-state index in [2.05, 4.69) is 24.0 Å². The molecule has 1 aliphatic rings. The minimum atomic E-state index is 0.0387. The Hall–Kier alpha value is -1.68. The number of hydrogen-bond acceptors (Lipinski definition) is 2. The highest BCUT2D eigenvalue weighted by atomic mass is 32.1. The summed E-state index contributed by atoms with van der Waals surface area (Å²) in [6.07, 6.45) is 2.98. The van der Waals surface area contributed by atoms with E-state index < -0.39 is 0 Å². The van der Waals surface area contributed by atoms with Gasteiger partial charge in [-0.25, -0.2) is 0 Å². The molecule has 4 heteroatoms. The van der Waals surface area contributed by atoms with E-state index >= 15 is 0 Å². The fourth-order valence-corrected chi connectivity index (χ4v) is 2.86. The van der Waals surface area contributed by atoms with Crippen molar-refractivity contribution in [1.82, 2.24) is 4.57 Å². The lowest BCUT2D eigenvalue weighted by Crippen LogP contribution is -2.17. The van der Waals surface area contributed by atoms with Gasteiger partial charge in [-0.3, -0.25) is 4.79 Å². The number of benzene rings is 1. The summed E-state index contributed by atoms with van der Waals surface area (Å²) >= 11 is 1.52. The molecule has 3 nitrogen and oxygen atoms in total. The van der Waals surface area contributed by atoms with E-state index in [1.54, 1.807) is 0 Å². The van der Waals surface area contributed by atoms with Crippen molar-refractivity contribution in [3.8, 4) is 0 Å². The topological polar surface area (TPSA) is 34.4 Å². The van der Waals surface area contributed by atoms with Crippen LogP contribution >= 0.6 is 11.3 Å². The summed E-state index contributed by atoms with van der Waals surface area (Å²) < 4.78 is 2.03. The van der Waals surface area contributed by atoms with Crippen LogP contribution in [0.15, 0.2) is 46.9 Å². The molecule has 2 aromatic rings. The van der Waals surface area contributed by atoms with Gasteiger partial charge < -0.3 is 4.57 Å². The predicted octanol–water partition coefficient (Wildman–Crippen LogP) is 2.68. The monoisotopic (exact) mass is 272 g/mol. The van der Waals surface area contributed by atoms with E-state index in [-0.39, 0.29) is 11.8 Å². The lowest BCUT2D eigenvalue weighted by molar-refractivity contribution is -0.119. The van der Waals surface area contributed by atoms with Crippen molar-refractivity contribution in [2.45, 2.75) is 19.9 Å². The summed E-state index contributed by atoms with van der Waals surface area (Å²) in [6, 6.07) is 10.2. The second kappa shape index (κ2) is 5.13. The summed E-state index contributed by atoms with van der Waals surface area (Å²) in [5.41, 5.74) is 1.22. The van der Waals surface area contributed by atoms with Crippen molar-refractivity contribution in [2.24, 2.45) is 16.8 Å². The van der Waals surface area contributed by atoms with E-state index in [1.165, 1.54) is 16.9 Å². The zero-order valence-electron chi connectivity index (χ0n) is 10.8. The number of hydrogen-bond donors (Lipinski definition) is 0.